The molecule has 3 amide bonds. The lowest BCUT2D eigenvalue weighted by Crippen LogP contribution is -2.32. The van der Waals surface area contributed by atoms with Crippen molar-refractivity contribution >= 4 is 35.6 Å². The fraction of sp³-hybridized carbons (Fsp3) is 0.250. The quantitative estimate of drug-likeness (QED) is 0.364. The first kappa shape index (κ1) is 21.3. The van der Waals surface area contributed by atoms with Gasteiger partial charge in [0, 0.05) is 13.8 Å². The number of esters is 1. The van der Waals surface area contributed by atoms with E-state index in [1.165, 1.54) is 0 Å². The summed E-state index contributed by atoms with van der Waals surface area (Å²) in [6.45, 7) is 1.86. The number of rotatable bonds is 7. The zero-order chi connectivity index (χ0) is 20.7. The van der Waals surface area contributed by atoms with Gasteiger partial charge in [-0.3, -0.25) is 24.5 Å². The van der Waals surface area contributed by atoms with Gasteiger partial charge in [0.2, 0.25) is 5.91 Å². The number of ether oxygens (including phenoxy) is 1. The molecule has 1 rings (SSSR count). The second kappa shape index (κ2) is 9.08. The number of imide groups is 1. The third-order valence-corrected chi connectivity index (χ3v) is 3.09. The van der Waals surface area contributed by atoms with Crippen LogP contribution in [0.4, 0.5) is 0 Å². The van der Waals surface area contributed by atoms with Crippen LogP contribution in [-0.2, 0) is 14.3 Å². The number of carbonyl (C=O) groups excluding carboxylic acids is 4. The Balaban J connectivity index is 3.31. The molecular formula is C16H16N2O9. The van der Waals surface area contributed by atoms with E-state index in [-0.39, 0.29) is 13.2 Å². The van der Waals surface area contributed by atoms with E-state index >= 15 is 0 Å². The lowest BCUT2D eigenvalue weighted by atomic mass is 9.97. The molecule has 4 N–H and O–H groups in total. The number of benzene rings is 1. The highest BCUT2D eigenvalue weighted by atomic mass is 16.5. The Bertz CT molecular complexity index is 829. The van der Waals surface area contributed by atoms with Gasteiger partial charge in [0.1, 0.15) is 6.61 Å². The predicted molar refractivity (Wildman–Crippen MR) is 87.5 cm³/mol. The standard InChI is InChI=1S/C16H16N2O9/c1-7(19)18-14(22)10-5-9(13(21)17-3-4-27-8(2)20)11(15(23)24)6-12(10)16(25)26/h5-6H,3-4H2,1-2H3,(H,17,21)(H,23,24)(H,25,26)(H,18,19,22). The average molecular weight is 380 g/mol. The van der Waals surface area contributed by atoms with Crippen LogP contribution in [0, 0.1) is 0 Å². The van der Waals surface area contributed by atoms with Gasteiger partial charge < -0.3 is 20.3 Å². The lowest BCUT2D eigenvalue weighted by molar-refractivity contribution is -0.140. The number of amides is 3. The van der Waals surface area contributed by atoms with Crippen LogP contribution in [0.2, 0.25) is 0 Å². The van der Waals surface area contributed by atoms with Crippen molar-refractivity contribution in [2.75, 3.05) is 13.2 Å². The molecule has 27 heavy (non-hydrogen) atoms. The summed E-state index contributed by atoms with van der Waals surface area (Å²) >= 11 is 0. The maximum Gasteiger partial charge on any atom is 0.336 e. The summed E-state index contributed by atoms with van der Waals surface area (Å²) in [7, 11) is 0. The Kier molecular flexibility index (Phi) is 7.16. The minimum Gasteiger partial charge on any atom is -0.478 e. The van der Waals surface area contributed by atoms with Crippen LogP contribution in [-0.4, -0.2) is 59.0 Å². The van der Waals surface area contributed by atoms with Gasteiger partial charge >= 0.3 is 17.9 Å². The third kappa shape index (κ3) is 5.92. The van der Waals surface area contributed by atoms with Gasteiger partial charge in [0.15, 0.2) is 0 Å². The molecule has 11 nitrogen and oxygen atoms in total. The molecule has 0 unspecified atom stereocenters. The number of carbonyl (C=O) groups is 6. The van der Waals surface area contributed by atoms with E-state index in [1.807, 2.05) is 5.32 Å². The van der Waals surface area contributed by atoms with Gasteiger partial charge in [0.05, 0.1) is 28.8 Å². The minimum absolute atomic E-state index is 0.146. The van der Waals surface area contributed by atoms with E-state index in [2.05, 4.69) is 10.1 Å². The van der Waals surface area contributed by atoms with Gasteiger partial charge in [-0.1, -0.05) is 0 Å². The minimum atomic E-state index is -1.62. The van der Waals surface area contributed by atoms with Crippen molar-refractivity contribution in [3.8, 4) is 0 Å². The Morgan fingerprint density at radius 3 is 1.78 bits per heavy atom. The van der Waals surface area contributed by atoms with Crippen molar-refractivity contribution in [1.29, 1.82) is 0 Å². The highest BCUT2D eigenvalue weighted by Gasteiger charge is 2.25. The van der Waals surface area contributed by atoms with Crippen molar-refractivity contribution < 1.29 is 43.7 Å². The highest BCUT2D eigenvalue weighted by molar-refractivity contribution is 6.14. The summed E-state index contributed by atoms with van der Waals surface area (Å²) in [5.74, 6) is -6.61. The fourth-order valence-corrected chi connectivity index (χ4v) is 2.01. The van der Waals surface area contributed by atoms with Crippen LogP contribution in [0.1, 0.15) is 55.3 Å². The number of hydrogen-bond acceptors (Lipinski definition) is 7. The Morgan fingerprint density at radius 1 is 0.852 bits per heavy atom. The summed E-state index contributed by atoms with van der Waals surface area (Å²) in [5.41, 5.74) is -2.41. The molecule has 0 saturated heterocycles. The number of carboxylic acid groups (broad SMARTS) is 2. The largest absolute Gasteiger partial charge is 0.478 e. The second-order valence-electron chi connectivity index (χ2n) is 5.16. The molecule has 0 bridgehead atoms. The number of nitrogens with one attached hydrogen (secondary N) is 2. The summed E-state index contributed by atoms with van der Waals surface area (Å²) in [6.07, 6.45) is 0. The van der Waals surface area contributed by atoms with E-state index in [1.54, 1.807) is 0 Å². The second-order valence-corrected chi connectivity index (χ2v) is 5.16. The van der Waals surface area contributed by atoms with E-state index in [4.69, 9.17) is 0 Å². The van der Waals surface area contributed by atoms with E-state index < -0.39 is 57.9 Å². The zero-order valence-corrected chi connectivity index (χ0v) is 14.3. The molecule has 144 valence electrons. The predicted octanol–water partition coefficient (Wildman–Crippen LogP) is -0.348. The van der Waals surface area contributed by atoms with E-state index in [0.717, 1.165) is 19.9 Å². The van der Waals surface area contributed by atoms with Crippen LogP contribution in [0.5, 0.6) is 0 Å². The Morgan fingerprint density at radius 2 is 1.33 bits per heavy atom. The van der Waals surface area contributed by atoms with Gasteiger partial charge in [-0.2, -0.15) is 0 Å². The van der Waals surface area contributed by atoms with E-state index in [9.17, 15) is 39.0 Å². The lowest BCUT2D eigenvalue weighted by Gasteiger charge is -2.12. The van der Waals surface area contributed by atoms with Gasteiger partial charge in [0.25, 0.3) is 11.8 Å². The van der Waals surface area contributed by atoms with Crippen molar-refractivity contribution in [3.05, 3.63) is 34.4 Å². The first-order valence-corrected chi connectivity index (χ1v) is 7.42. The summed E-state index contributed by atoms with van der Waals surface area (Å²) in [5, 5.41) is 22.6. The van der Waals surface area contributed by atoms with E-state index in [0.29, 0.717) is 6.07 Å². The topological polar surface area (TPSA) is 176 Å². The molecule has 0 atom stereocenters. The van der Waals surface area contributed by atoms with Crippen molar-refractivity contribution in [2.45, 2.75) is 13.8 Å². The molecule has 0 saturated carbocycles. The van der Waals surface area contributed by atoms with Crippen molar-refractivity contribution in [1.82, 2.24) is 10.6 Å². The van der Waals surface area contributed by atoms with Crippen LogP contribution in [0.25, 0.3) is 0 Å². The number of hydrogen-bond donors (Lipinski definition) is 4. The Hall–Kier alpha value is -3.76. The summed E-state index contributed by atoms with van der Waals surface area (Å²) < 4.78 is 4.61. The molecular weight excluding hydrogens is 364 g/mol. The van der Waals surface area contributed by atoms with Crippen LogP contribution in [0.15, 0.2) is 12.1 Å². The SMILES string of the molecule is CC(=O)NC(=O)c1cc(C(=O)NCCOC(C)=O)c(C(=O)O)cc1C(=O)O. The van der Waals surface area contributed by atoms with Crippen molar-refractivity contribution in [3.63, 3.8) is 0 Å². The molecule has 0 spiro atoms. The van der Waals surface area contributed by atoms with Crippen LogP contribution < -0.4 is 10.6 Å². The molecule has 0 aliphatic carbocycles. The van der Waals surface area contributed by atoms with Gasteiger partial charge in [-0.05, 0) is 12.1 Å². The molecule has 11 heteroatoms. The van der Waals surface area contributed by atoms with Crippen LogP contribution >= 0.6 is 0 Å². The first-order valence-electron chi connectivity index (χ1n) is 7.42. The van der Waals surface area contributed by atoms with Crippen LogP contribution in [0.3, 0.4) is 0 Å². The maximum absolute atomic E-state index is 12.2. The molecule has 0 radical (unpaired) electrons. The molecule has 1 aromatic carbocycles. The first-order chi connectivity index (χ1) is 12.5. The monoisotopic (exact) mass is 380 g/mol. The molecule has 0 aromatic heterocycles. The average Bonchev–Trinajstić information content (AvgIpc) is 2.56. The number of aromatic carboxylic acids is 2. The highest BCUT2D eigenvalue weighted by Crippen LogP contribution is 2.18. The normalized spacial score (nSPS) is 9.85. The number of carboxylic acids is 2. The smallest absolute Gasteiger partial charge is 0.336 e. The molecule has 0 aliphatic heterocycles. The summed E-state index contributed by atoms with van der Waals surface area (Å²) in [4.78, 5) is 68.7. The molecule has 1 aromatic rings. The maximum atomic E-state index is 12.2. The van der Waals surface area contributed by atoms with Gasteiger partial charge in [-0.25, -0.2) is 9.59 Å². The molecule has 0 fully saturated rings. The summed E-state index contributed by atoms with van der Waals surface area (Å²) in [6, 6.07) is 1.42. The third-order valence-electron chi connectivity index (χ3n) is 3.09. The zero-order valence-electron chi connectivity index (χ0n) is 14.3. The molecule has 0 aliphatic rings. The fourth-order valence-electron chi connectivity index (χ4n) is 2.01. The van der Waals surface area contributed by atoms with Gasteiger partial charge in [-0.15, -0.1) is 0 Å². The van der Waals surface area contributed by atoms with Crippen molar-refractivity contribution in [2.24, 2.45) is 0 Å². The molecule has 0 heterocycles. The Labute approximate surface area is 152 Å².